The van der Waals surface area contributed by atoms with E-state index in [0.717, 1.165) is 5.56 Å². The number of ketones is 1. The van der Waals surface area contributed by atoms with Crippen LogP contribution in [0.3, 0.4) is 0 Å². The SMILES string of the molecule is CCOC(=O)C1CCN(S(=O)(=O)c2cccc(C(=O)CNc3nc(-c4ccc(S(=O)(=O)N5CCOCC5)cc4)cs3)c2)CC1. The number of carbonyl (C=O) groups is 2. The molecule has 1 N–H and O–H groups in total. The number of hydrogen-bond acceptors (Lipinski definition) is 11. The van der Waals surface area contributed by atoms with Gasteiger partial charge >= 0.3 is 5.97 Å². The van der Waals surface area contributed by atoms with E-state index in [4.69, 9.17) is 9.47 Å². The summed E-state index contributed by atoms with van der Waals surface area (Å²) in [5, 5.41) is 5.29. The Labute approximate surface area is 261 Å². The molecule has 0 radical (unpaired) electrons. The standard InChI is InChI=1S/C29H34N4O8S3/c1-2-41-28(35)22-10-12-32(13-11-22)44(38,39)25-5-3-4-23(18-25)27(34)19-30-29-31-26(20-42-29)21-6-8-24(9-7-21)43(36,37)33-14-16-40-17-15-33/h3-9,18,20,22H,2,10-17,19H2,1H3,(H,30,31). The molecule has 2 fully saturated rings. The minimum atomic E-state index is -3.84. The van der Waals surface area contributed by atoms with E-state index in [-0.39, 0.29) is 59.3 Å². The van der Waals surface area contributed by atoms with Gasteiger partial charge in [-0.1, -0.05) is 24.3 Å². The van der Waals surface area contributed by atoms with Crippen LogP contribution in [-0.2, 0) is 34.3 Å². The number of Topliss-reactive ketones (excluding diaryl/α,β-unsaturated/α-hetero) is 1. The topological polar surface area (TPSA) is 152 Å². The molecule has 12 nitrogen and oxygen atoms in total. The number of carbonyl (C=O) groups excluding carboxylic acids is 2. The van der Waals surface area contributed by atoms with Gasteiger partial charge < -0.3 is 14.8 Å². The Morgan fingerprint density at radius 2 is 1.61 bits per heavy atom. The summed E-state index contributed by atoms with van der Waals surface area (Å²) in [6.45, 7) is 3.71. The van der Waals surface area contributed by atoms with Crippen LogP contribution in [0.1, 0.15) is 30.1 Å². The Hall–Kier alpha value is -3.21. The van der Waals surface area contributed by atoms with Crippen LogP contribution in [0.15, 0.2) is 63.7 Å². The molecule has 0 spiro atoms. The van der Waals surface area contributed by atoms with Gasteiger partial charge in [0.05, 0.1) is 47.8 Å². The third-order valence-electron chi connectivity index (χ3n) is 7.53. The molecule has 3 aromatic rings. The molecule has 3 heterocycles. The third kappa shape index (κ3) is 7.19. The zero-order valence-corrected chi connectivity index (χ0v) is 26.6. The smallest absolute Gasteiger partial charge is 0.309 e. The van der Waals surface area contributed by atoms with Crippen molar-refractivity contribution in [3.8, 4) is 11.3 Å². The van der Waals surface area contributed by atoms with Crippen molar-refractivity contribution in [3.05, 3.63) is 59.5 Å². The molecule has 0 amide bonds. The van der Waals surface area contributed by atoms with Crippen LogP contribution in [0.2, 0.25) is 0 Å². The van der Waals surface area contributed by atoms with Gasteiger partial charge in [0, 0.05) is 42.7 Å². The molecule has 0 atom stereocenters. The van der Waals surface area contributed by atoms with Crippen molar-refractivity contribution in [1.29, 1.82) is 0 Å². The summed E-state index contributed by atoms with van der Waals surface area (Å²) in [5.74, 6) is -0.926. The number of hydrogen-bond donors (Lipinski definition) is 1. The number of aromatic nitrogens is 1. The summed E-state index contributed by atoms with van der Waals surface area (Å²) in [6.07, 6.45) is 0.766. The molecule has 15 heteroatoms. The lowest BCUT2D eigenvalue weighted by molar-refractivity contribution is -0.149. The first-order chi connectivity index (χ1) is 21.1. The average molecular weight is 663 g/mol. The van der Waals surface area contributed by atoms with Crippen molar-refractivity contribution >= 4 is 48.3 Å². The predicted molar refractivity (Wildman–Crippen MR) is 165 cm³/mol. The van der Waals surface area contributed by atoms with Crippen LogP contribution < -0.4 is 5.32 Å². The molecular weight excluding hydrogens is 629 g/mol. The second kappa shape index (κ2) is 13.8. The summed E-state index contributed by atoms with van der Waals surface area (Å²) in [5.41, 5.74) is 1.60. The molecule has 2 aromatic carbocycles. The fourth-order valence-corrected chi connectivity index (χ4v) is 8.69. The molecule has 0 saturated carbocycles. The van der Waals surface area contributed by atoms with Gasteiger partial charge in [-0.25, -0.2) is 21.8 Å². The fourth-order valence-electron chi connectivity index (χ4n) is 5.05. The summed E-state index contributed by atoms with van der Waals surface area (Å²) in [7, 11) is -7.44. The zero-order valence-electron chi connectivity index (χ0n) is 24.2. The lowest BCUT2D eigenvalue weighted by Gasteiger charge is -2.30. The van der Waals surface area contributed by atoms with Gasteiger partial charge in [0.15, 0.2) is 10.9 Å². The van der Waals surface area contributed by atoms with Crippen LogP contribution in [-0.4, -0.2) is 94.7 Å². The number of rotatable bonds is 11. The maximum Gasteiger partial charge on any atom is 0.309 e. The lowest BCUT2D eigenvalue weighted by Crippen LogP contribution is -2.40. The Morgan fingerprint density at radius 3 is 2.30 bits per heavy atom. The number of nitrogens with one attached hydrogen (secondary N) is 1. The van der Waals surface area contributed by atoms with E-state index in [2.05, 4.69) is 10.3 Å². The highest BCUT2D eigenvalue weighted by atomic mass is 32.2. The Morgan fingerprint density at radius 1 is 0.955 bits per heavy atom. The Bertz CT molecular complexity index is 1690. The molecule has 0 unspecified atom stereocenters. The van der Waals surface area contributed by atoms with E-state index in [1.165, 1.54) is 38.1 Å². The number of morpholine rings is 1. The number of benzene rings is 2. The summed E-state index contributed by atoms with van der Waals surface area (Å²) in [6, 6.07) is 12.4. The van der Waals surface area contributed by atoms with Crippen LogP contribution in [0.5, 0.6) is 0 Å². The van der Waals surface area contributed by atoms with E-state index in [1.54, 1.807) is 42.6 Å². The third-order valence-corrected chi connectivity index (χ3v) is 12.1. The highest BCUT2D eigenvalue weighted by molar-refractivity contribution is 7.89. The maximum absolute atomic E-state index is 13.3. The van der Waals surface area contributed by atoms with Gasteiger partial charge in [-0.15, -0.1) is 11.3 Å². The number of sulfonamides is 2. The predicted octanol–water partition coefficient (Wildman–Crippen LogP) is 3.09. The van der Waals surface area contributed by atoms with E-state index in [9.17, 15) is 26.4 Å². The molecule has 2 aliphatic rings. The van der Waals surface area contributed by atoms with Gasteiger partial charge in [-0.2, -0.15) is 8.61 Å². The second-order valence-electron chi connectivity index (χ2n) is 10.3. The first kappa shape index (κ1) is 32.2. The quantitative estimate of drug-likeness (QED) is 0.240. The molecule has 44 heavy (non-hydrogen) atoms. The van der Waals surface area contributed by atoms with E-state index >= 15 is 0 Å². The van der Waals surface area contributed by atoms with E-state index in [0.29, 0.717) is 50.0 Å². The van der Waals surface area contributed by atoms with Crippen LogP contribution >= 0.6 is 11.3 Å². The molecule has 2 saturated heterocycles. The minimum absolute atomic E-state index is 0.0218. The molecule has 5 rings (SSSR count). The highest BCUT2D eigenvalue weighted by Crippen LogP contribution is 2.28. The molecule has 1 aromatic heterocycles. The first-order valence-corrected chi connectivity index (χ1v) is 18.0. The van der Waals surface area contributed by atoms with Gasteiger partial charge in [-0.3, -0.25) is 9.59 Å². The van der Waals surface area contributed by atoms with Crippen LogP contribution in [0.25, 0.3) is 11.3 Å². The Kier molecular flexibility index (Phi) is 10.1. The lowest BCUT2D eigenvalue weighted by atomic mass is 9.98. The number of thiazole rings is 1. The fraction of sp³-hybridized carbons (Fsp3) is 0.414. The van der Waals surface area contributed by atoms with E-state index < -0.39 is 20.0 Å². The Balaban J connectivity index is 1.18. The van der Waals surface area contributed by atoms with Gasteiger partial charge in [0.2, 0.25) is 20.0 Å². The van der Waals surface area contributed by atoms with E-state index in [1.807, 2.05) is 0 Å². The number of ether oxygens (including phenoxy) is 2. The monoisotopic (exact) mass is 662 g/mol. The van der Waals surface area contributed by atoms with Crippen molar-refractivity contribution in [2.45, 2.75) is 29.6 Å². The van der Waals surface area contributed by atoms with Crippen LogP contribution in [0, 0.1) is 5.92 Å². The zero-order chi connectivity index (χ0) is 31.3. The first-order valence-electron chi connectivity index (χ1n) is 14.3. The molecule has 236 valence electrons. The normalized spacial score (nSPS) is 17.3. The molecular formula is C29H34N4O8S3. The van der Waals surface area contributed by atoms with Crippen molar-refractivity contribution < 1.29 is 35.9 Å². The number of esters is 1. The molecule has 2 aliphatic heterocycles. The highest BCUT2D eigenvalue weighted by Gasteiger charge is 2.33. The van der Waals surface area contributed by atoms with Crippen molar-refractivity contribution in [2.24, 2.45) is 5.92 Å². The second-order valence-corrected chi connectivity index (χ2v) is 15.0. The van der Waals surface area contributed by atoms with Crippen molar-refractivity contribution in [1.82, 2.24) is 13.6 Å². The maximum atomic E-state index is 13.3. The summed E-state index contributed by atoms with van der Waals surface area (Å²) in [4.78, 5) is 29.7. The van der Waals surface area contributed by atoms with Crippen LogP contribution in [0.4, 0.5) is 5.13 Å². The van der Waals surface area contributed by atoms with Gasteiger partial charge in [0.25, 0.3) is 0 Å². The number of nitrogens with zero attached hydrogens (tertiary/aromatic N) is 3. The average Bonchev–Trinajstić information content (AvgIpc) is 3.53. The summed E-state index contributed by atoms with van der Waals surface area (Å²) < 4.78 is 65.4. The summed E-state index contributed by atoms with van der Waals surface area (Å²) >= 11 is 1.30. The van der Waals surface area contributed by atoms with Crippen molar-refractivity contribution in [2.75, 3.05) is 57.9 Å². The molecule has 0 bridgehead atoms. The van der Waals surface area contributed by atoms with Gasteiger partial charge in [0.1, 0.15) is 0 Å². The number of anilines is 1. The van der Waals surface area contributed by atoms with Gasteiger partial charge in [-0.05, 0) is 44.0 Å². The number of piperidine rings is 1. The van der Waals surface area contributed by atoms with Crippen molar-refractivity contribution in [3.63, 3.8) is 0 Å². The minimum Gasteiger partial charge on any atom is -0.466 e. The largest absolute Gasteiger partial charge is 0.466 e. The molecule has 0 aliphatic carbocycles.